The molecule has 3 aromatic rings. The molecule has 1 unspecified atom stereocenters. The van der Waals surface area contributed by atoms with E-state index in [1.807, 2.05) is 60.7 Å². The van der Waals surface area contributed by atoms with Crippen molar-refractivity contribution in [2.75, 3.05) is 37.9 Å². The van der Waals surface area contributed by atoms with Crippen molar-refractivity contribution in [1.29, 1.82) is 0 Å². The fourth-order valence-corrected chi connectivity index (χ4v) is 5.44. The lowest BCUT2D eigenvalue weighted by Gasteiger charge is -2.39. The Morgan fingerprint density at radius 1 is 1.03 bits per heavy atom. The summed E-state index contributed by atoms with van der Waals surface area (Å²) in [4.78, 5) is 30.1. The van der Waals surface area contributed by atoms with Crippen LogP contribution < -0.4 is 20.1 Å². The van der Waals surface area contributed by atoms with Gasteiger partial charge in [-0.1, -0.05) is 30.3 Å². The number of carbonyl (C=O) groups excluding carboxylic acids is 2. The van der Waals surface area contributed by atoms with Gasteiger partial charge in [-0.05, 0) is 60.9 Å². The third-order valence-corrected chi connectivity index (χ3v) is 7.27. The molecular formula is C30H31N3O5. The van der Waals surface area contributed by atoms with Crippen LogP contribution in [0.3, 0.4) is 0 Å². The number of carbonyl (C=O) groups is 2. The lowest BCUT2D eigenvalue weighted by atomic mass is 9.67. The molecule has 0 aromatic heterocycles. The summed E-state index contributed by atoms with van der Waals surface area (Å²) in [5.74, 6) is 1.37. The van der Waals surface area contributed by atoms with E-state index in [9.17, 15) is 9.59 Å². The van der Waals surface area contributed by atoms with E-state index in [0.29, 0.717) is 35.5 Å². The average Bonchev–Trinajstić information content (AvgIpc) is 3.15. The predicted molar refractivity (Wildman–Crippen MR) is 146 cm³/mol. The van der Waals surface area contributed by atoms with Gasteiger partial charge in [0.15, 0.2) is 0 Å². The lowest BCUT2D eigenvalue weighted by molar-refractivity contribution is -0.121. The molecule has 2 aliphatic heterocycles. The van der Waals surface area contributed by atoms with E-state index in [2.05, 4.69) is 0 Å². The highest BCUT2D eigenvalue weighted by Crippen LogP contribution is 2.55. The van der Waals surface area contributed by atoms with Crippen molar-refractivity contribution in [2.24, 2.45) is 0 Å². The average molecular weight is 514 g/mol. The summed E-state index contributed by atoms with van der Waals surface area (Å²) in [6.45, 7) is 2.61. The summed E-state index contributed by atoms with van der Waals surface area (Å²) in [6.07, 6.45) is 1.65. The number of nitrogen functional groups attached to an aromatic ring is 1. The first-order valence-electron chi connectivity index (χ1n) is 12.6. The molecule has 8 heteroatoms. The number of rotatable bonds is 6. The second-order valence-corrected chi connectivity index (χ2v) is 9.32. The molecule has 3 aromatic carbocycles. The first-order chi connectivity index (χ1) is 18.4. The van der Waals surface area contributed by atoms with Crippen molar-refractivity contribution < 1.29 is 23.8 Å². The second kappa shape index (κ2) is 10.1. The van der Waals surface area contributed by atoms with Gasteiger partial charge >= 0.3 is 6.09 Å². The van der Waals surface area contributed by atoms with Crippen LogP contribution in [0.2, 0.25) is 0 Å². The minimum atomic E-state index is -1.04. The van der Waals surface area contributed by atoms with Crippen LogP contribution in [0.25, 0.3) is 5.57 Å². The third-order valence-electron chi connectivity index (χ3n) is 7.27. The molecule has 0 bridgehead atoms. The van der Waals surface area contributed by atoms with E-state index in [0.717, 1.165) is 22.6 Å². The fraction of sp³-hybridized carbons (Fsp3) is 0.267. The Morgan fingerprint density at radius 3 is 2.47 bits per heavy atom. The van der Waals surface area contributed by atoms with Crippen LogP contribution in [0.4, 0.5) is 16.2 Å². The molecule has 0 fully saturated rings. The largest absolute Gasteiger partial charge is 0.497 e. The molecule has 2 amide bonds. The third kappa shape index (κ3) is 4.12. The van der Waals surface area contributed by atoms with E-state index >= 15 is 0 Å². The van der Waals surface area contributed by atoms with Crippen molar-refractivity contribution in [1.82, 2.24) is 4.90 Å². The van der Waals surface area contributed by atoms with Crippen LogP contribution >= 0.6 is 0 Å². The molecule has 5 rings (SSSR count). The van der Waals surface area contributed by atoms with Gasteiger partial charge < -0.3 is 24.8 Å². The van der Waals surface area contributed by atoms with Crippen molar-refractivity contribution >= 4 is 28.9 Å². The normalized spacial score (nSPS) is 18.3. The maximum absolute atomic E-state index is 14.2. The Hall–Kier alpha value is -4.46. The molecule has 0 saturated carbocycles. The fourth-order valence-electron chi connectivity index (χ4n) is 5.44. The highest BCUT2D eigenvalue weighted by molar-refractivity contribution is 6.17. The molecule has 38 heavy (non-hydrogen) atoms. The summed E-state index contributed by atoms with van der Waals surface area (Å²) >= 11 is 0. The van der Waals surface area contributed by atoms with Crippen LogP contribution in [0.1, 0.15) is 30.0 Å². The summed E-state index contributed by atoms with van der Waals surface area (Å²) < 4.78 is 16.7. The molecular weight excluding hydrogens is 482 g/mol. The van der Waals surface area contributed by atoms with Crippen molar-refractivity contribution in [3.63, 3.8) is 0 Å². The minimum absolute atomic E-state index is 0.0672. The van der Waals surface area contributed by atoms with Gasteiger partial charge in [0.25, 0.3) is 0 Å². The zero-order chi connectivity index (χ0) is 26.9. The standard InChI is InChI=1S/C30H31N3O5/c1-4-37-29(35)33-17-16-30(24(18-33)23-9-5-6-10-25(23)31)27-20(8-7-11-26(27)32(2)28(30)34)19-38-22-14-12-21(36-3)13-15-22/h5-15,18H,4,16-17,19,31H2,1-3H3. The highest BCUT2D eigenvalue weighted by Gasteiger charge is 2.55. The molecule has 2 heterocycles. The molecule has 0 aliphatic carbocycles. The topological polar surface area (TPSA) is 94.3 Å². The number of fused-ring (bicyclic) bond motifs is 2. The van der Waals surface area contributed by atoms with E-state index in [1.54, 1.807) is 38.2 Å². The molecule has 2 N–H and O–H groups in total. The maximum atomic E-state index is 14.2. The number of ether oxygens (including phenoxy) is 3. The van der Waals surface area contributed by atoms with Gasteiger partial charge in [-0.15, -0.1) is 0 Å². The molecule has 1 atom stereocenters. The number of para-hydroxylation sites is 1. The molecule has 1 spiro atoms. The second-order valence-electron chi connectivity index (χ2n) is 9.32. The van der Waals surface area contributed by atoms with E-state index in [1.165, 1.54) is 4.90 Å². The van der Waals surface area contributed by atoms with Gasteiger partial charge in [0, 0.05) is 42.3 Å². The Balaban J connectivity index is 1.64. The number of methoxy groups -OCH3 is 1. The summed E-state index contributed by atoms with van der Waals surface area (Å²) in [6, 6.07) is 20.7. The monoisotopic (exact) mass is 513 g/mol. The lowest BCUT2D eigenvalue weighted by Crippen LogP contribution is -2.47. The van der Waals surface area contributed by atoms with Crippen molar-refractivity contribution in [3.05, 3.63) is 89.6 Å². The first kappa shape index (κ1) is 25.2. The number of nitrogens with zero attached hydrogens (tertiary/aromatic N) is 2. The van der Waals surface area contributed by atoms with Crippen molar-refractivity contribution in [2.45, 2.75) is 25.4 Å². The Bertz CT molecular complexity index is 1400. The number of nitrogens with two attached hydrogens (primary N) is 1. The van der Waals surface area contributed by atoms with Gasteiger partial charge in [0.1, 0.15) is 23.5 Å². The molecule has 2 aliphatic rings. The zero-order valence-electron chi connectivity index (χ0n) is 21.8. The number of anilines is 2. The Labute approximate surface area is 222 Å². The van der Waals surface area contributed by atoms with Crippen LogP contribution in [0.5, 0.6) is 11.5 Å². The van der Waals surface area contributed by atoms with Crippen LogP contribution in [-0.2, 0) is 21.6 Å². The minimum Gasteiger partial charge on any atom is -0.497 e. The van der Waals surface area contributed by atoms with Crippen molar-refractivity contribution in [3.8, 4) is 11.5 Å². The number of hydrogen-bond acceptors (Lipinski definition) is 6. The van der Waals surface area contributed by atoms with E-state index in [-0.39, 0.29) is 19.1 Å². The van der Waals surface area contributed by atoms with Crippen LogP contribution in [0, 0.1) is 0 Å². The van der Waals surface area contributed by atoms with Gasteiger partial charge in [-0.2, -0.15) is 0 Å². The number of likely N-dealkylation sites (N-methyl/N-ethyl adjacent to an activating group) is 1. The molecule has 8 nitrogen and oxygen atoms in total. The van der Waals surface area contributed by atoms with E-state index < -0.39 is 11.5 Å². The molecule has 196 valence electrons. The number of hydrogen-bond donors (Lipinski definition) is 1. The number of benzene rings is 3. The molecule has 0 radical (unpaired) electrons. The van der Waals surface area contributed by atoms with E-state index in [4.69, 9.17) is 19.9 Å². The smallest absolute Gasteiger partial charge is 0.413 e. The maximum Gasteiger partial charge on any atom is 0.413 e. The highest BCUT2D eigenvalue weighted by atomic mass is 16.6. The Kier molecular flexibility index (Phi) is 6.72. The van der Waals surface area contributed by atoms with Gasteiger partial charge in [-0.25, -0.2) is 4.79 Å². The Morgan fingerprint density at radius 2 is 1.76 bits per heavy atom. The van der Waals surface area contributed by atoms with Gasteiger partial charge in [0.2, 0.25) is 5.91 Å². The predicted octanol–water partition coefficient (Wildman–Crippen LogP) is 4.97. The zero-order valence-corrected chi connectivity index (χ0v) is 21.8. The number of amides is 2. The van der Waals surface area contributed by atoms with Crippen LogP contribution in [0.15, 0.2) is 72.9 Å². The summed E-state index contributed by atoms with van der Waals surface area (Å²) in [5, 5.41) is 0. The summed E-state index contributed by atoms with van der Waals surface area (Å²) in [5.41, 5.74) is 9.89. The first-order valence-corrected chi connectivity index (χ1v) is 12.6. The quantitative estimate of drug-likeness (QED) is 0.468. The van der Waals surface area contributed by atoms with Crippen LogP contribution in [-0.4, -0.2) is 44.2 Å². The molecule has 0 saturated heterocycles. The van der Waals surface area contributed by atoms with Gasteiger partial charge in [0.05, 0.1) is 13.7 Å². The van der Waals surface area contributed by atoms with Gasteiger partial charge in [-0.3, -0.25) is 9.69 Å². The summed E-state index contributed by atoms with van der Waals surface area (Å²) in [7, 11) is 3.40. The SMILES string of the molecule is CCOC(=O)N1C=C(c2ccccc2N)C2(CC1)C(=O)N(C)c1cccc(COc3ccc(OC)cc3)c12.